The van der Waals surface area contributed by atoms with E-state index in [0.717, 1.165) is 19.1 Å². The predicted molar refractivity (Wildman–Crippen MR) is 62.9 cm³/mol. The molecule has 0 aromatic heterocycles. The summed E-state index contributed by atoms with van der Waals surface area (Å²) >= 11 is 0. The van der Waals surface area contributed by atoms with E-state index in [-0.39, 0.29) is 0 Å². The van der Waals surface area contributed by atoms with E-state index in [9.17, 15) is 0 Å². The van der Waals surface area contributed by atoms with Crippen LogP contribution in [0.15, 0.2) is 0 Å². The van der Waals surface area contributed by atoms with Gasteiger partial charge in [-0.2, -0.15) is 0 Å². The zero-order valence-corrected chi connectivity index (χ0v) is 10.4. The standard InChI is InChI=1S/C13H25NO/c1-13(2,3)7-8-14-11-6-9-15-12(11)10-4-5-10/h10-12,14H,4-9H2,1-3H3. The Morgan fingerprint density at radius 2 is 1.93 bits per heavy atom. The van der Waals surface area contributed by atoms with Crippen molar-refractivity contribution < 1.29 is 4.74 Å². The van der Waals surface area contributed by atoms with Gasteiger partial charge < -0.3 is 10.1 Å². The minimum atomic E-state index is 0.446. The minimum Gasteiger partial charge on any atom is -0.376 e. The van der Waals surface area contributed by atoms with Crippen LogP contribution in [0.25, 0.3) is 0 Å². The van der Waals surface area contributed by atoms with Gasteiger partial charge in [0.15, 0.2) is 0 Å². The summed E-state index contributed by atoms with van der Waals surface area (Å²) in [5.41, 5.74) is 0.446. The first-order valence-electron chi connectivity index (χ1n) is 6.41. The van der Waals surface area contributed by atoms with Gasteiger partial charge in [-0.15, -0.1) is 0 Å². The monoisotopic (exact) mass is 211 g/mol. The second-order valence-corrected chi connectivity index (χ2v) is 6.33. The summed E-state index contributed by atoms with van der Waals surface area (Å²) in [5.74, 6) is 0.875. The van der Waals surface area contributed by atoms with Gasteiger partial charge >= 0.3 is 0 Å². The average molecular weight is 211 g/mol. The molecule has 2 fully saturated rings. The summed E-state index contributed by atoms with van der Waals surface area (Å²) in [7, 11) is 0. The van der Waals surface area contributed by atoms with Crippen LogP contribution in [0, 0.1) is 11.3 Å². The fraction of sp³-hybridized carbons (Fsp3) is 1.00. The van der Waals surface area contributed by atoms with Crippen LogP contribution in [0.3, 0.4) is 0 Å². The average Bonchev–Trinajstić information content (AvgIpc) is 2.86. The summed E-state index contributed by atoms with van der Waals surface area (Å²) in [6.45, 7) is 9.02. The topological polar surface area (TPSA) is 21.3 Å². The molecule has 2 atom stereocenters. The van der Waals surface area contributed by atoms with Crippen molar-refractivity contribution in [2.24, 2.45) is 11.3 Å². The zero-order valence-electron chi connectivity index (χ0n) is 10.4. The van der Waals surface area contributed by atoms with Crippen LogP contribution in [0.4, 0.5) is 0 Å². The summed E-state index contributed by atoms with van der Waals surface area (Å²) in [6, 6.07) is 0.639. The summed E-state index contributed by atoms with van der Waals surface area (Å²) in [5, 5.41) is 3.68. The summed E-state index contributed by atoms with van der Waals surface area (Å²) < 4.78 is 5.81. The predicted octanol–water partition coefficient (Wildman–Crippen LogP) is 2.58. The Morgan fingerprint density at radius 3 is 2.53 bits per heavy atom. The highest BCUT2D eigenvalue weighted by Crippen LogP contribution is 2.38. The Kier molecular flexibility index (Phi) is 3.36. The maximum absolute atomic E-state index is 5.81. The second kappa shape index (κ2) is 4.42. The molecule has 1 aliphatic heterocycles. The molecule has 0 spiro atoms. The highest BCUT2D eigenvalue weighted by atomic mass is 16.5. The van der Waals surface area contributed by atoms with E-state index >= 15 is 0 Å². The first kappa shape index (κ1) is 11.4. The molecule has 2 aliphatic rings. The molecule has 1 saturated carbocycles. The zero-order chi connectivity index (χ0) is 10.9. The first-order chi connectivity index (χ1) is 7.06. The Labute approximate surface area is 93.8 Å². The Balaban J connectivity index is 1.69. The summed E-state index contributed by atoms with van der Waals surface area (Å²) in [6.07, 6.45) is 5.78. The van der Waals surface area contributed by atoms with Crippen molar-refractivity contribution in [3.05, 3.63) is 0 Å². The van der Waals surface area contributed by atoms with Crippen LogP contribution >= 0.6 is 0 Å². The molecule has 2 unspecified atom stereocenters. The molecule has 1 aliphatic carbocycles. The summed E-state index contributed by atoms with van der Waals surface area (Å²) in [4.78, 5) is 0. The molecule has 2 rings (SSSR count). The maximum atomic E-state index is 5.81. The molecule has 0 bridgehead atoms. The molecular formula is C13H25NO. The molecule has 88 valence electrons. The van der Waals surface area contributed by atoms with Crippen molar-refractivity contribution in [1.29, 1.82) is 0 Å². The SMILES string of the molecule is CC(C)(C)CCNC1CCOC1C1CC1. The van der Waals surface area contributed by atoms with Gasteiger partial charge in [-0.1, -0.05) is 20.8 Å². The Hall–Kier alpha value is -0.0800. The van der Waals surface area contributed by atoms with E-state index in [0.29, 0.717) is 17.6 Å². The molecule has 1 N–H and O–H groups in total. The third kappa shape index (κ3) is 3.46. The van der Waals surface area contributed by atoms with Crippen LogP contribution in [0.2, 0.25) is 0 Å². The highest BCUT2D eigenvalue weighted by molar-refractivity contribution is 4.93. The van der Waals surface area contributed by atoms with Crippen molar-refractivity contribution in [3.8, 4) is 0 Å². The molecule has 0 aromatic carbocycles. The molecule has 0 radical (unpaired) electrons. The third-order valence-electron chi connectivity index (χ3n) is 3.50. The van der Waals surface area contributed by atoms with E-state index in [2.05, 4.69) is 26.1 Å². The van der Waals surface area contributed by atoms with Crippen molar-refractivity contribution in [3.63, 3.8) is 0 Å². The van der Waals surface area contributed by atoms with Gasteiger partial charge in [0.2, 0.25) is 0 Å². The fourth-order valence-corrected chi connectivity index (χ4v) is 2.35. The lowest BCUT2D eigenvalue weighted by atomic mass is 9.92. The Bertz CT molecular complexity index is 205. The van der Waals surface area contributed by atoms with E-state index in [1.165, 1.54) is 25.7 Å². The lowest BCUT2D eigenvalue weighted by Crippen LogP contribution is -2.39. The normalized spacial score (nSPS) is 32.2. The van der Waals surface area contributed by atoms with E-state index in [1.54, 1.807) is 0 Å². The van der Waals surface area contributed by atoms with E-state index in [1.807, 2.05) is 0 Å². The molecular weight excluding hydrogens is 186 g/mol. The minimum absolute atomic E-state index is 0.446. The molecule has 2 heteroatoms. The number of nitrogens with one attached hydrogen (secondary N) is 1. The Morgan fingerprint density at radius 1 is 1.20 bits per heavy atom. The molecule has 1 heterocycles. The quantitative estimate of drug-likeness (QED) is 0.771. The van der Waals surface area contributed by atoms with E-state index in [4.69, 9.17) is 4.74 Å². The van der Waals surface area contributed by atoms with Gasteiger partial charge in [0.25, 0.3) is 0 Å². The molecule has 1 saturated heterocycles. The largest absolute Gasteiger partial charge is 0.376 e. The number of rotatable bonds is 4. The highest BCUT2D eigenvalue weighted by Gasteiger charge is 2.40. The number of ether oxygens (including phenoxy) is 1. The van der Waals surface area contributed by atoms with Gasteiger partial charge in [-0.05, 0) is 43.6 Å². The van der Waals surface area contributed by atoms with Gasteiger partial charge in [0, 0.05) is 12.6 Å². The smallest absolute Gasteiger partial charge is 0.0756 e. The second-order valence-electron chi connectivity index (χ2n) is 6.33. The lowest BCUT2D eigenvalue weighted by molar-refractivity contribution is 0.0806. The number of hydrogen-bond acceptors (Lipinski definition) is 2. The third-order valence-corrected chi connectivity index (χ3v) is 3.50. The van der Waals surface area contributed by atoms with Crippen molar-refractivity contribution in [1.82, 2.24) is 5.32 Å². The first-order valence-corrected chi connectivity index (χ1v) is 6.41. The van der Waals surface area contributed by atoms with E-state index < -0.39 is 0 Å². The van der Waals surface area contributed by atoms with Crippen molar-refractivity contribution in [2.75, 3.05) is 13.2 Å². The van der Waals surface area contributed by atoms with Crippen LogP contribution in [-0.4, -0.2) is 25.3 Å². The maximum Gasteiger partial charge on any atom is 0.0756 e. The molecule has 0 aromatic rings. The molecule has 15 heavy (non-hydrogen) atoms. The lowest BCUT2D eigenvalue weighted by Gasteiger charge is -2.23. The van der Waals surface area contributed by atoms with Crippen molar-refractivity contribution >= 4 is 0 Å². The van der Waals surface area contributed by atoms with Crippen LogP contribution in [-0.2, 0) is 4.74 Å². The van der Waals surface area contributed by atoms with Crippen LogP contribution in [0.1, 0.15) is 46.5 Å². The fourth-order valence-electron chi connectivity index (χ4n) is 2.35. The molecule has 0 amide bonds. The number of hydrogen-bond donors (Lipinski definition) is 1. The van der Waals surface area contributed by atoms with Gasteiger partial charge in [-0.25, -0.2) is 0 Å². The molecule has 2 nitrogen and oxygen atoms in total. The van der Waals surface area contributed by atoms with Crippen LogP contribution in [0.5, 0.6) is 0 Å². The van der Waals surface area contributed by atoms with Gasteiger partial charge in [0.05, 0.1) is 6.10 Å². The van der Waals surface area contributed by atoms with Crippen LogP contribution < -0.4 is 5.32 Å². The van der Waals surface area contributed by atoms with Gasteiger partial charge in [0.1, 0.15) is 0 Å². The van der Waals surface area contributed by atoms with Gasteiger partial charge in [-0.3, -0.25) is 0 Å². The van der Waals surface area contributed by atoms with Crippen molar-refractivity contribution in [2.45, 2.75) is 58.6 Å².